The Kier molecular flexibility index (Phi) is 10.4. The molecule has 0 aromatic carbocycles. The van der Waals surface area contributed by atoms with Gasteiger partial charge in [0, 0.05) is 25.2 Å². The highest BCUT2D eigenvalue weighted by atomic mass is 16.7. The first-order valence-corrected chi connectivity index (χ1v) is 16.2. The summed E-state index contributed by atoms with van der Waals surface area (Å²) < 4.78 is 24.9. The van der Waals surface area contributed by atoms with Crippen LogP contribution in [0.5, 0.6) is 0 Å². The van der Waals surface area contributed by atoms with E-state index in [1.165, 1.54) is 43.3 Å². The van der Waals surface area contributed by atoms with E-state index in [0.717, 1.165) is 44.1 Å². The number of ether oxygens (including phenoxy) is 4. The Morgan fingerprint density at radius 2 is 2.00 bits per heavy atom. The molecule has 0 aromatic heterocycles. The van der Waals surface area contributed by atoms with Crippen LogP contribution in [0.25, 0.3) is 0 Å². The van der Waals surface area contributed by atoms with Crippen LogP contribution in [0, 0.1) is 17.8 Å². The van der Waals surface area contributed by atoms with Crippen LogP contribution in [0.1, 0.15) is 104 Å². The minimum atomic E-state index is -0.635. The van der Waals surface area contributed by atoms with Gasteiger partial charge in [-0.2, -0.15) is 0 Å². The molecule has 0 amide bonds. The number of rotatable bonds is 9. The zero-order valence-electron chi connectivity index (χ0n) is 25.4. The zero-order valence-corrected chi connectivity index (χ0v) is 25.4. The molecule has 2 aliphatic carbocycles. The summed E-state index contributed by atoms with van der Waals surface area (Å²) in [6.07, 6.45) is 23.9. The summed E-state index contributed by atoms with van der Waals surface area (Å²) in [7, 11) is 0. The molecule has 226 valence electrons. The molecule has 5 rings (SSSR count). The Bertz CT molecular complexity index is 1050. The highest BCUT2D eigenvalue weighted by Gasteiger charge is 2.49. The SMILES string of the molecule is CC1=CCC2/C(=C/C=C/CC/C(C)=C/CC3CC(OC=O)CC4(CC[C@H](C)C(C5CCCCC5)O4)O3)COC2C1=O. The van der Waals surface area contributed by atoms with Gasteiger partial charge in [-0.15, -0.1) is 0 Å². The zero-order chi connectivity index (χ0) is 28.8. The van der Waals surface area contributed by atoms with E-state index in [9.17, 15) is 9.59 Å². The topological polar surface area (TPSA) is 71.1 Å². The van der Waals surface area contributed by atoms with E-state index in [-0.39, 0.29) is 36.1 Å². The van der Waals surface area contributed by atoms with E-state index in [0.29, 0.717) is 37.8 Å². The lowest BCUT2D eigenvalue weighted by Crippen LogP contribution is -2.55. The average Bonchev–Trinajstić information content (AvgIpc) is 3.39. The van der Waals surface area contributed by atoms with E-state index < -0.39 is 5.79 Å². The van der Waals surface area contributed by atoms with Gasteiger partial charge in [0.15, 0.2) is 11.6 Å². The number of carbonyl (C=O) groups is 2. The smallest absolute Gasteiger partial charge is 0.293 e. The monoisotopic (exact) mass is 566 g/mol. The van der Waals surface area contributed by atoms with Gasteiger partial charge < -0.3 is 18.9 Å². The van der Waals surface area contributed by atoms with Crippen LogP contribution in [-0.2, 0) is 28.5 Å². The molecule has 6 nitrogen and oxygen atoms in total. The van der Waals surface area contributed by atoms with Crippen molar-refractivity contribution < 1.29 is 28.5 Å². The van der Waals surface area contributed by atoms with Crippen molar-refractivity contribution >= 4 is 12.3 Å². The lowest BCUT2D eigenvalue weighted by Gasteiger charge is -2.51. The maximum Gasteiger partial charge on any atom is 0.293 e. The normalized spacial score (nSPS) is 37.9. The molecule has 1 saturated carbocycles. The Morgan fingerprint density at radius 3 is 2.80 bits per heavy atom. The molecule has 41 heavy (non-hydrogen) atoms. The van der Waals surface area contributed by atoms with Crippen molar-refractivity contribution in [3.63, 3.8) is 0 Å². The fourth-order valence-corrected chi connectivity index (χ4v) is 7.72. The van der Waals surface area contributed by atoms with Crippen LogP contribution in [0.2, 0.25) is 0 Å². The summed E-state index contributed by atoms with van der Waals surface area (Å²) in [5.41, 5.74) is 3.38. The average molecular weight is 567 g/mol. The fraction of sp³-hybridized carbons (Fsp3) is 0.714. The third-order valence-electron chi connectivity index (χ3n) is 10.2. The van der Waals surface area contributed by atoms with Crippen molar-refractivity contribution in [3.8, 4) is 0 Å². The van der Waals surface area contributed by atoms with Gasteiger partial charge in [-0.25, -0.2) is 0 Å². The minimum absolute atomic E-state index is 0.0180. The Balaban J connectivity index is 1.13. The predicted molar refractivity (Wildman–Crippen MR) is 159 cm³/mol. The molecule has 6 heteroatoms. The first-order valence-electron chi connectivity index (χ1n) is 16.2. The molecule has 7 atom stereocenters. The van der Waals surface area contributed by atoms with Gasteiger partial charge in [0.2, 0.25) is 0 Å². The lowest BCUT2D eigenvalue weighted by atomic mass is 9.76. The van der Waals surface area contributed by atoms with Gasteiger partial charge in [0.25, 0.3) is 6.47 Å². The molecular weight excluding hydrogens is 516 g/mol. The van der Waals surface area contributed by atoms with Gasteiger partial charge in [0.05, 0.1) is 18.8 Å². The highest BCUT2D eigenvalue weighted by molar-refractivity contribution is 6.00. The largest absolute Gasteiger partial charge is 0.464 e. The number of carbonyl (C=O) groups excluding carboxylic acids is 2. The van der Waals surface area contributed by atoms with Crippen molar-refractivity contribution in [1.82, 2.24) is 0 Å². The van der Waals surface area contributed by atoms with Crippen LogP contribution >= 0.6 is 0 Å². The molecule has 0 aromatic rings. The lowest BCUT2D eigenvalue weighted by molar-refractivity contribution is -0.341. The van der Waals surface area contributed by atoms with Crippen LogP contribution < -0.4 is 0 Å². The Hall–Kier alpha value is -2.02. The van der Waals surface area contributed by atoms with E-state index in [2.05, 4.69) is 38.2 Å². The molecule has 0 N–H and O–H groups in total. The molecule has 0 bridgehead atoms. The number of hydrogen-bond donors (Lipinski definition) is 0. The highest BCUT2D eigenvalue weighted by Crippen LogP contribution is 2.46. The van der Waals surface area contributed by atoms with E-state index in [4.69, 9.17) is 18.9 Å². The summed E-state index contributed by atoms with van der Waals surface area (Å²) in [4.78, 5) is 23.6. The molecule has 4 fully saturated rings. The molecule has 5 aliphatic rings. The van der Waals surface area contributed by atoms with Crippen LogP contribution in [-0.4, -0.2) is 49.1 Å². The first kappa shape index (κ1) is 30.4. The summed E-state index contributed by atoms with van der Waals surface area (Å²) in [6, 6.07) is 0. The summed E-state index contributed by atoms with van der Waals surface area (Å²) >= 11 is 0. The van der Waals surface area contributed by atoms with Crippen LogP contribution in [0.15, 0.2) is 47.1 Å². The number of ketones is 1. The van der Waals surface area contributed by atoms with E-state index in [1.807, 2.05) is 13.0 Å². The van der Waals surface area contributed by atoms with Gasteiger partial charge in [0.1, 0.15) is 12.2 Å². The standard InChI is InChI=1S/C35H50O6/c1-24(10-6-4-9-13-28-22-38-34-31(28)17-15-25(2)32(34)37)14-16-29-20-30(39-23-36)21-35(40-29)19-18-26(3)33(41-35)27-11-7-5-8-12-27/h4,9,13-15,23,26-27,29-31,33-34H,5-8,10-12,16-22H2,1-3H3/b9-4+,24-14+,28-13+/t26-,29?,30?,31?,33?,34?,35?/m0/s1. The van der Waals surface area contributed by atoms with Gasteiger partial charge in [-0.3, -0.25) is 9.59 Å². The Morgan fingerprint density at radius 1 is 1.17 bits per heavy atom. The van der Waals surface area contributed by atoms with Gasteiger partial charge in [-0.05, 0) is 81.8 Å². The Labute approximate surface area is 246 Å². The second-order valence-corrected chi connectivity index (χ2v) is 13.3. The maximum absolute atomic E-state index is 12.3. The van der Waals surface area contributed by atoms with Crippen LogP contribution in [0.3, 0.4) is 0 Å². The van der Waals surface area contributed by atoms with Crippen LogP contribution in [0.4, 0.5) is 0 Å². The second-order valence-electron chi connectivity index (χ2n) is 13.3. The molecular formula is C35H50O6. The molecule has 0 radical (unpaired) electrons. The molecule has 3 heterocycles. The molecule has 3 aliphatic heterocycles. The third-order valence-corrected chi connectivity index (χ3v) is 10.2. The van der Waals surface area contributed by atoms with Crippen molar-refractivity contribution in [2.75, 3.05) is 6.61 Å². The van der Waals surface area contributed by atoms with Crippen molar-refractivity contribution in [2.45, 2.75) is 134 Å². The molecule has 6 unspecified atom stereocenters. The van der Waals surface area contributed by atoms with Crippen molar-refractivity contribution in [1.29, 1.82) is 0 Å². The second kappa shape index (κ2) is 14.0. The molecule has 3 saturated heterocycles. The van der Waals surface area contributed by atoms with Gasteiger partial charge >= 0.3 is 0 Å². The first-order chi connectivity index (χ1) is 19.9. The number of fused-ring (bicyclic) bond motifs is 1. The summed E-state index contributed by atoms with van der Waals surface area (Å²) in [6.45, 7) is 7.53. The quantitative estimate of drug-likeness (QED) is 0.215. The molecule has 1 spiro atoms. The fourth-order valence-electron chi connectivity index (χ4n) is 7.72. The maximum atomic E-state index is 12.3. The number of allylic oxidation sites excluding steroid dienone is 5. The van der Waals surface area contributed by atoms with E-state index in [1.54, 1.807) is 0 Å². The third kappa shape index (κ3) is 7.50. The number of Topliss-reactive ketones (excluding diaryl/α,β-unsaturated/α-hetero) is 1. The summed E-state index contributed by atoms with van der Waals surface area (Å²) in [5.74, 6) is 0.851. The van der Waals surface area contributed by atoms with Crippen molar-refractivity contribution in [2.24, 2.45) is 17.8 Å². The van der Waals surface area contributed by atoms with E-state index >= 15 is 0 Å². The van der Waals surface area contributed by atoms with Crippen molar-refractivity contribution in [3.05, 3.63) is 47.1 Å². The minimum Gasteiger partial charge on any atom is -0.464 e. The predicted octanol–water partition coefficient (Wildman–Crippen LogP) is 7.33. The number of hydrogen-bond acceptors (Lipinski definition) is 6. The summed E-state index contributed by atoms with van der Waals surface area (Å²) in [5, 5.41) is 0. The van der Waals surface area contributed by atoms with Gasteiger partial charge in [-0.1, -0.05) is 62.1 Å².